The second kappa shape index (κ2) is 7.13. The van der Waals surface area contributed by atoms with Crippen LogP contribution >= 0.6 is 0 Å². The van der Waals surface area contributed by atoms with Crippen molar-refractivity contribution in [2.75, 3.05) is 7.05 Å². The topological polar surface area (TPSA) is 42.2 Å². The predicted octanol–water partition coefficient (Wildman–Crippen LogP) is 5.85. The van der Waals surface area contributed by atoms with Gasteiger partial charge in [-0.2, -0.15) is 0 Å². The standard InChI is InChI=1S/C23H16F3NO2/c1-12-15(4-3-5-17(12)25)16-10-11-18-19(21(16)26)20(23(28)27-2)22(29-18)13-6-8-14(24)9-7-13/h3-11H,1-2H3,(H,27,28). The van der Waals surface area contributed by atoms with Gasteiger partial charge in [-0.25, -0.2) is 13.2 Å². The lowest BCUT2D eigenvalue weighted by Gasteiger charge is -2.09. The van der Waals surface area contributed by atoms with E-state index in [9.17, 15) is 13.6 Å². The second-order valence-corrected chi connectivity index (χ2v) is 6.60. The van der Waals surface area contributed by atoms with Crippen LogP contribution in [0.25, 0.3) is 33.4 Å². The van der Waals surface area contributed by atoms with Gasteiger partial charge in [0.25, 0.3) is 5.91 Å². The van der Waals surface area contributed by atoms with Crippen molar-refractivity contribution < 1.29 is 22.4 Å². The molecule has 4 aromatic rings. The second-order valence-electron chi connectivity index (χ2n) is 6.60. The number of amides is 1. The lowest BCUT2D eigenvalue weighted by molar-refractivity contribution is 0.0964. The zero-order chi connectivity index (χ0) is 20.7. The number of carbonyl (C=O) groups is 1. The van der Waals surface area contributed by atoms with E-state index in [1.54, 1.807) is 13.0 Å². The van der Waals surface area contributed by atoms with Gasteiger partial charge in [-0.05, 0) is 60.5 Å². The molecule has 0 aliphatic rings. The Morgan fingerprint density at radius 3 is 2.34 bits per heavy atom. The highest BCUT2D eigenvalue weighted by atomic mass is 19.1. The van der Waals surface area contributed by atoms with E-state index in [1.807, 2.05) is 0 Å². The van der Waals surface area contributed by atoms with Gasteiger partial charge in [0.1, 0.15) is 28.8 Å². The number of rotatable bonds is 3. The van der Waals surface area contributed by atoms with Gasteiger partial charge in [0.15, 0.2) is 0 Å². The van der Waals surface area contributed by atoms with E-state index in [0.717, 1.165) is 0 Å². The molecule has 1 aromatic heterocycles. The molecule has 0 bridgehead atoms. The molecule has 0 radical (unpaired) electrons. The summed E-state index contributed by atoms with van der Waals surface area (Å²) in [4.78, 5) is 12.6. The summed E-state index contributed by atoms with van der Waals surface area (Å²) >= 11 is 0. The summed E-state index contributed by atoms with van der Waals surface area (Å²) < 4.78 is 48.7. The van der Waals surface area contributed by atoms with Crippen LogP contribution in [0, 0.1) is 24.4 Å². The van der Waals surface area contributed by atoms with Gasteiger partial charge in [-0.1, -0.05) is 12.1 Å². The van der Waals surface area contributed by atoms with Crippen molar-refractivity contribution in [3.05, 3.63) is 83.2 Å². The van der Waals surface area contributed by atoms with Crippen molar-refractivity contribution in [1.29, 1.82) is 0 Å². The van der Waals surface area contributed by atoms with E-state index >= 15 is 4.39 Å². The van der Waals surface area contributed by atoms with Gasteiger partial charge in [0.2, 0.25) is 0 Å². The molecule has 0 aliphatic carbocycles. The molecule has 6 heteroatoms. The molecular weight excluding hydrogens is 379 g/mol. The zero-order valence-corrected chi connectivity index (χ0v) is 15.6. The summed E-state index contributed by atoms with van der Waals surface area (Å²) in [5, 5.41) is 2.48. The third-order valence-electron chi connectivity index (χ3n) is 4.91. The predicted molar refractivity (Wildman–Crippen MR) is 105 cm³/mol. The van der Waals surface area contributed by atoms with Crippen molar-refractivity contribution in [2.24, 2.45) is 0 Å². The average molecular weight is 395 g/mol. The number of benzene rings is 3. The summed E-state index contributed by atoms with van der Waals surface area (Å²) in [7, 11) is 1.42. The van der Waals surface area contributed by atoms with Crippen molar-refractivity contribution in [2.45, 2.75) is 6.92 Å². The number of furan rings is 1. The molecule has 0 unspecified atom stereocenters. The SMILES string of the molecule is CNC(=O)c1c(-c2ccc(F)cc2)oc2ccc(-c3cccc(F)c3C)c(F)c12. The van der Waals surface area contributed by atoms with Gasteiger partial charge in [0.05, 0.1) is 10.9 Å². The van der Waals surface area contributed by atoms with Gasteiger partial charge in [-0.15, -0.1) is 0 Å². The van der Waals surface area contributed by atoms with Crippen LogP contribution in [0.3, 0.4) is 0 Å². The minimum absolute atomic E-state index is 0.00233. The van der Waals surface area contributed by atoms with Crippen molar-refractivity contribution in [3.63, 3.8) is 0 Å². The first-order valence-corrected chi connectivity index (χ1v) is 8.91. The van der Waals surface area contributed by atoms with Crippen LogP contribution in [0.15, 0.2) is 59.0 Å². The fourth-order valence-electron chi connectivity index (χ4n) is 3.40. The zero-order valence-electron chi connectivity index (χ0n) is 15.6. The van der Waals surface area contributed by atoms with Crippen LogP contribution in [-0.2, 0) is 0 Å². The molecule has 1 N–H and O–H groups in total. The summed E-state index contributed by atoms with van der Waals surface area (Å²) in [5.41, 5.74) is 1.45. The quantitative estimate of drug-likeness (QED) is 0.473. The smallest absolute Gasteiger partial charge is 0.255 e. The summed E-state index contributed by atoms with van der Waals surface area (Å²) in [5.74, 6) is -2.00. The molecule has 0 aliphatic heterocycles. The van der Waals surface area contributed by atoms with Crippen molar-refractivity contribution in [1.82, 2.24) is 5.32 Å². The molecule has 3 nitrogen and oxygen atoms in total. The van der Waals surface area contributed by atoms with E-state index in [0.29, 0.717) is 16.7 Å². The Bertz CT molecular complexity index is 1240. The summed E-state index contributed by atoms with van der Waals surface area (Å²) in [6, 6.07) is 12.8. The van der Waals surface area contributed by atoms with E-state index in [4.69, 9.17) is 4.42 Å². The molecule has 0 spiro atoms. The monoisotopic (exact) mass is 395 g/mol. The maximum atomic E-state index is 15.6. The van der Waals surface area contributed by atoms with Crippen LogP contribution in [0.4, 0.5) is 13.2 Å². The lowest BCUT2D eigenvalue weighted by atomic mass is 9.96. The first-order chi connectivity index (χ1) is 13.9. The molecule has 0 saturated heterocycles. The van der Waals surface area contributed by atoms with E-state index < -0.39 is 23.4 Å². The van der Waals surface area contributed by atoms with Crippen LogP contribution < -0.4 is 5.32 Å². The van der Waals surface area contributed by atoms with Crippen molar-refractivity contribution in [3.8, 4) is 22.5 Å². The molecule has 0 atom stereocenters. The molecule has 4 rings (SSSR count). The molecule has 146 valence electrons. The minimum atomic E-state index is -0.688. The maximum Gasteiger partial charge on any atom is 0.255 e. The molecule has 3 aromatic carbocycles. The number of halogens is 3. The van der Waals surface area contributed by atoms with Gasteiger partial charge in [0, 0.05) is 18.2 Å². The summed E-state index contributed by atoms with van der Waals surface area (Å²) in [6.07, 6.45) is 0. The van der Waals surface area contributed by atoms with E-state index in [1.165, 1.54) is 55.6 Å². The lowest BCUT2D eigenvalue weighted by Crippen LogP contribution is -2.18. The Labute approximate surface area is 164 Å². The third-order valence-corrected chi connectivity index (χ3v) is 4.91. The Morgan fingerprint density at radius 2 is 1.66 bits per heavy atom. The highest BCUT2D eigenvalue weighted by molar-refractivity contribution is 6.12. The largest absolute Gasteiger partial charge is 0.455 e. The highest BCUT2D eigenvalue weighted by Crippen LogP contribution is 2.39. The van der Waals surface area contributed by atoms with Gasteiger partial charge < -0.3 is 9.73 Å². The number of carbonyl (C=O) groups excluding carboxylic acids is 1. The average Bonchev–Trinajstić information content (AvgIpc) is 3.11. The first-order valence-electron chi connectivity index (χ1n) is 8.91. The Kier molecular flexibility index (Phi) is 4.62. The van der Waals surface area contributed by atoms with E-state index in [-0.39, 0.29) is 27.9 Å². The Hall–Kier alpha value is -3.54. The molecule has 29 heavy (non-hydrogen) atoms. The van der Waals surface area contributed by atoms with E-state index in [2.05, 4.69) is 5.32 Å². The van der Waals surface area contributed by atoms with Crippen LogP contribution in [0.1, 0.15) is 15.9 Å². The van der Waals surface area contributed by atoms with Gasteiger partial charge in [-0.3, -0.25) is 4.79 Å². The summed E-state index contributed by atoms with van der Waals surface area (Å²) in [6.45, 7) is 1.56. The molecule has 1 amide bonds. The fourth-order valence-corrected chi connectivity index (χ4v) is 3.40. The number of hydrogen-bond donors (Lipinski definition) is 1. The Balaban J connectivity index is 2.04. The number of nitrogens with one attached hydrogen (secondary N) is 1. The highest BCUT2D eigenvalue weighted by Gasteiger charge is 2.26. The Morgan fingerprint density at radius 1 is 0.931 bits per heavy atom. The maximum absolute atomic E-state index is 15.6. The molecule has 0 saturated carbocycles. The molecule has 0 fully saturated rings. The normalized spacial score (nSPS) is 11.1. The van der Waals surface area contributed by atoms with Crippen LogP contribution in [-0.4, -0.2) is 13.0 Å². The third kappa shape index (κ3) is 3.06. The number of fused-ring (bicyclic) bond motifs is 1. The fraction of sp³-hybridized carbons (Fsp3) is 0.0870. The number of hydrogen-bond acceptors (Lipinski definition) is 2. The minimum Gasteiger partial charge on any atom is -0.455 e. The van der Waals surface area contributed by atoms with Gasteiger partial charge >= 0.3 is 0 Å². The van der Waals surface area contributed by atoms with Crippen molar-refractivity contribution >= 4 is 16.9 Å². The molecular formula is C23H16F3NO2. The molecule has 1 heterocycles. The first kappa shape index (κ1) is 18.8. The van der Waals surface area contributed by atoms with Crippen LogP contribution in [0.5, 0.6) is 0 Å². The van der Waals surface area contributed by atoms with Crippen LogP contribution in [0.2, 0.25) is 0 Å².